The number of para-hydroxylation sites is 2. The first kappa shape index (κ1) is 19.1. The zero-order valence-corrected chi connectivity index (χ0v) is 16.4. The van der Waals surface area contributed by atoms with Crippen LogP contribution < -0.4 is 15.4 Å². The molecule has 0 aliphatic heterocycles. The third kappa shape index (κ3) is 4.44. The molecule has 4 aromatic rings. The highest BCUT2D eigenvalue weighted by molar-refractivity contribution is 6.04. The van der Waals surface area contributed by atoms with E-state index in [4.69, 9.17) is 4.74 Å². The maximum Gasteiger partial charge on any atom is 0.255 e. The third-order valence-corrected chi connectivity index (χ3v) is 4.50. The normalized spacial score (nSPS) is 10.3. The number of nitrogens with zero attached hydrogens (tertiary/aromatic N) is 2. The van der Waals surface area contributed by atoms with Gasteiger partial charge in [-0.05, 0) is 48.5 Å². The molecule has 6 heteroatoms. The average Bonchev–Trinajstić information content (AvgIpc) is 2.80. The zero-order valence-electron chi connectivity index (χ0n) is 16.4. The maximum atomic E-state index is 12.4. The molecule has 1 heterocycles. The lowest BCUT2D eigenvalue weighted by Crippen LogP contribution is -2.11. The predicted octanol–water partition coefficient (Wildman–Crippen LogP) is 5.15. The van der Waals surface area contributed by atoms with Gasteiger partial charge >= 0.3 is 0 Å². The molecule has 0 saturated carbocycles. The molecule has 0 aliphatic carbocycles. The first-order valence-electron chi connectivity index (χ1n) is 9.42. The number of aromatic nitrogens is 2. The molecule has 0 unspecified atom stereocenters. The van der Waals surface area contributed by atoms with E-state index in [1.54, 1.807) is 19.2 Å². The molecule has 0 saturated heterocycles. The minimum atomic E-state index is -0.159. The van der Waals surface area contributed by atoms with Crippen molar-refractivity contribution in [2.45, 2.75) is 0 Å². The van der Waals surface area contributed by atoms with Gasteiger partial charge in [0, 0.05) is 28.6 Å². The van der Waals surface area contributed by atoms with Crippen LogP contribution in [0, 0.1) is 0 Å². The first-order chi connectivity index (χ1) is 14.7. The number of amides is 1. The van der Waals surface area contributed by atoms with Gasteiger partial charge in [0.1, 0.15) is 17.9 Å². The summed E-state index contributed by atoms with van der Waals surface area (Å²) in [5.41, 5.74) is 3.79. The van der Waals surface area contributed by atoms with Crippen LogP contribution in [0.3, 0.4) is 0 Å². The van der Waals surface area contributed by atoms with Gasteiger partial charge in [0.05, 0.1) is 12.8 Å². The Morgan fingerprint density at radius 2 is 1.57 bits per heavy atom. The summed E-state index contributed by atoms with van der Waals surface area (Å²) in [7, 11) is 1.63. The number of methoxy groups -OCH3 is 1. The molecule has 0 fully saturated rings. The molecule has 0 bridgehead atoms. The Labute approximate surface area is 174 Å². The summed E-state index contributed by atoms with van der Waals surface area (Å²) < 4.78 is 5.42. The van der Waals surface area contributed by atoms with Crippen LogP contribution in [0.5, 0.6) is 5.75 Å². The van der Waals surface area contributed by atoms with E-state index in [1.165, 1.54) is 6.33 Å². The highest BCUT2D eigenvalue weighted by Gasteiger charge is 2.09. The van der Waals surface area contributed by atoms with Gasteiger partial charge in [0.15, 0.2) is 0 Å². The lowest BCUT2D eigenvalue weighted by Gasteiger charge is -2.10. The van der Waals surface area contributed by atoms with Crippen LogP contribution in [-0.2, 0) is 0 Å². The van der Waals surface area contributed by atoms with Gasteiger partial charge in [-0.3, -0.25) is 4.79 Å². The van der Waals surface area contributed by atoms with Crippen molar-refractivity contribution in [1.29, 1.82) is 0 Å². The van der Waals surface area contributed by atoms with Crippen molar-refractivity contribution < 1.29 is 9.53 Å². The number of benzene rings is 3. The summed E-state index contributed by atoms with van der Waals surface area (Å²) in [6, 6.07) is 26.1. The number of ether oxygens (including phenoxy) is 1. The SMILES string of the molecule is COc1ccccc1-c1cc(Nc2ccc(C(=O)Nc3ccccc3)cc2)ncn1. The number of carbonyl (C=O) groups is 1. The van der Waals surface area contributed by atoms with E-state index in [9.17, 15) is 4.79 Å². The van der Waals surface area contributed by atoms with Crippen molar-refractivity contribution in [1.82, 2.24) is 9.97 Å². The molecule has 148 valence electrons. The van der Waals surface area contributed by atoms with E-state index >= 15 is 0 Å². The standard InChI is InChI=1S/C24H20N4O2/c1-30-22-10-6-5-9-20(22)21-15-23(26-16-25-21)27-19-13-11-17(12-14-19)24(29)28-18-7-3-2-4-8-18/h2-16H,1H3,(H,28,29)(H,25,26,27). The summed E-state index contributed by atoms with van der Waals surface area (Å²) in [6.07, 6.45) is 1.51. The Bertz CT molecular complexity index is 1150. The van der Waals surface area contributed by atoms with Crippen LogP contribution in [0.2, 0.25) is 0 Å². The fourth-order valence-electron chi connectivity index (χ4n) is 3.01. The topological polar surface area (TPSA) is 76.1 Å². The van der Waals surface area contributed by atoms with Gasteiger partial charge in [-0.15, -0.1) is 0 Å². The summed E-state index contributed by atoms with van der Waals surface area (Å²) >= 11 is 0. The van der Waals surface area contributed by atoms with Crippen LogP contribution in [0.15, 0.2) is 91.3 Å². The monoisotopic (exact) mass is 396 g/mol. The Morgan fingerprint density at radius 1 is 0.833 bits per heavy atom. The molecule has 0 atom stereocenters. The minimum absolute atomic E-state index is 0.159. The number of hydrogen-bond acceptors (Lipinski definition) is 5. The highest BCUT2D eigenvalue weighted by atomic mass is 16.5. The number of nitrogens with one attached hydrogen (secondary N) is 2. The second kappa shape index (κ2) is 8.87. The number of anilines is 3. The van der Waals surface area contributed by atoms with Gasteiger partial charge in [0.25, 0.3) is 5.91 Å². The molecular formula is C24H20N4O2. The highest BCUT2D eigenvalue weighted by Crippen LogP contribution is 2.29. The molecule has 0 aliphatic rings. The third-order valence-electron chi connectivity index (χ3n) is 4.50. The number of hydrogen-bond donors (Lipinski definition) is 2. The number of rotatable bonds is 6. The van der Waals surface area contributed by atoms with Crippen molar-refractivity contribution in [2.75, 3.05) is 17.7 Å². The Hall–Kier alpha value is -4.19. The molecular weight excluding hydrogens is 376 g/mol. The maximum absolute atomic E-state index is 12.4. The Kier molecular flexibility index (Phi) is 5.66. The first-order valence-corrected chi connectivity index (χ1v) is 9.42. The number of carbonyl (C=O) groups excluding carboxylic acids is 1. The molecule has 4 rings (SSSR count). The van der Waals surface area contributed by atoms with Crippen molar-refractivity contribution >= 4 is 23.1 Å². The lowest BCUT2D eigenvalue weighted by molar-refractivity contribution is 0.102. The van der Waals surface area contributed by atoms with E-state index in [0.717, 1.165) is 28.4 Å². The van der Waals surface area contributed by atoms with Crippen LogP contribution in [0.4, 0.5) is 17.2 Å². The Balaban J connectivity index is 1.48. The summed E-state index contributed by atoms with van der Waals surface area (Å²) in [5, 5.41) is 6.12. The molecule has 0 radical (unpaired) electrons. The van der Waals surface area contributed by atoms with Gasteiger partial charge in [-0.25, -0.2) is 9.97 Å². The second-order valence-corrected chi connectivity index (χ2v) is 6.51. The molecule has 0 spiro atoms. The van der Waals surface area contributed by atoms with Crippen LogP contribution in [0.1, 0.15) is 10.4 Å². The van der Waals surface area contributed by atoms with E-state index in [0.29, 0.717) is 11.4 Å². The lowest BCUT2D eigenvalue weighted by atomic mass is 10.1. The van der Waals surface area contributed by atoms with Gasteiger partial charge < -0.3 is 15.4 Å². The fraction of sp³-hybridized carbons (Fsp3) is 0.0417. The van der Waals surface area contributed by atoms with Crippen molar-refractivity contribution in [2.24, 2.45) is 0 Å². The molecule has 3 aromatic carbocycles. The summed E-state index contributed by atoms with van der Waals surface area (Å²) in [5.74, 6) is 1.23. The molecule has 1 aromatic heterocycles. The quantitative estimate of drug-likeness (QED) is 0.471. The largest absolute Gasteiger partial charge is 0.496 e. The summed E-state index contributed by atoms with van der Waals surface area (Å²) in [6.45, 7) is 0. The van der Waals surface area contributed by atoms with Crippen molar-refractivity contribution in [3.8, 4) is 17.0 Å². The van der Waals surface area contributed by atoms with E-state index in [-0.39, 0.29) is 5.91 Å². The van der Waals surface area contributed by atoms with Gasteiger partial charge in [0.2, 0.25) is 0 Å². The van der Waals surface area contributed by atoms with Gasteiger partial charge in [-0.1, -0.05) is 30.3 Å². The molecule has 30 heavy (non-hydrogen) atoms. The molecule has 6 nitrogen and oxygen atoms in total. The smallest absolute Gasteiger partial charge is 0.255 e. The van der Waals surface area contributed by atoms with Crippen LogP contribution in [-0.4, -0.2) is 23.0 Å². The molecule has 1 amide bonds. The van der Waals surface area contributed by atoms with E-state index in [2.05, 4.69) is 20.6 Å². The van der Waals surface area contributed by atoms with Crippen LogP contribution in [0.25, 0.3) is 11.3 Å². The van der Waals surface area contributed by atoms with Crippen molar-refractivity contribution in [3.05, 3.63) is 96.8 Å². The molecule has 2 N–H and O–H groups in total. The summed E-state index contributed by atoms with van der Waals surface area (Å²) in [4.78, 5) is 21.0. The second-order valence-electron chi connectivity index (χ2n) is 6.51. The minimum Gasteiger partial charge on any atom is -0.496 e. The van der Waals surface area contributed by atoms with Crippen LogP contribution >= 0.6 is 0 Å². The average molecular weight is 396 g/mol. The van der Waals surface area contributed by atoms with E-state index < -0.39 is 0 Å². The Morgan fingerprint density at radius 3 is 2.33 bits per heavy atom. The zero-order chi connectivity index (χ0) is 20.8. The predicted molar refractivity (Wildman–Crippen MR) is 118 cm³/mol. The van der Waals surface area contributed by atoms with E-state index in [1.807, 2.05) is 72.8 Å². The van der Waals surface area contributed by atoms with Gasteiger partial charge in [-0.2, -0.15) is 0 Å². The van der Waals surface area contributed by atoms with Crippen molar-refractivity contribution in [3.63, 3.8) is 0 Å². The fourth-order valence-corrected chi connectivity index (χ4v) is 3.01.